The number of amides is 5. The molecule has 1 heterocycles. The summed E-state index contributed by atoms with van der Waals surface area (Å²) in [6, 6.07) is 13.4. The molecule has 0 aromatic heterocycles. The Bertz CT molecular complexity index is 2110. The van der Waals surface area contributed by atoms with E-state index in [-0.39, 0.29) is 71.0 Å². The van der Waals surface area contributed by atoms with E-state index < -0.39 is 50.1 Å². The zero-order valence-electron chi connectivity index (χ0n) is 38.9. The maximum Gasteiger partial charge on any atom is 0.264 e. The number of ketones is 1. The van der Waals surface area contributed by atoms with Crippen LogP contribution in [0.3, 0.4) is 0 Å². The number of imide groups is 1. The number of hydrogen-bond acceptors (Lipinski definition) is 10. The van der Waals surface area contributed by atoms with E-state index in [2.05, 4.69) is 15.4 Å². The summed E-state index contributed by atoms with van der Waals surface area (Å²) < 4.78 is 36.3. The Kier molecular flexibility index (Phi) is 16.4. The number of Topliss-reactive ketones (excluding diaryl/α,β-unsaturated/α-hetero) is 1. The standard InChI is InChI=1S/C47H67N5O8S2/c1-29(2)37(51(11)45(58)41(46(5,6)7)49-43(56)40(48-10)47(8,9)35-15-13-12-14-16-35)25-30(3)42(55)50-62(59,60)36-23-19-33(20-24-36)28-61-38-26-39(54)52(44(38)57)27-32-17-21-34(22-18-32)31(4)53/h12-16,19-20,23-25,29,32,34,37-38,40-41,48H,17-18,21-22,26-28H2,1-11H3,(H,49,56)(H,50,55)/b30-25+/t32?,34?,37-,38?,40-,41-/m1/s1/i4T. The fourth-order valence-corrected chi connectivity index (χ4v) is 10.4. The average Bonchev–Trinajstić information content (AvgIpc) is 3.50. The molecule has 1 saturated carbocycles. The smallest absolute Gasteiger partial charge is 0.264 e. The summed E-state index contributed by atoms with van der Waals surface area (Å²) in [5, 5.41) is 5.60. The van der Waals surface area contributed by atoms with Gasteiger partial charge in [0.05, 0.1) is 22.2 Å². The Morgan fingerprint density at radius 1 is 0.952 bits per heavy atom. The van der Waals surface area contributed by atoms with E-state index in [4.69, 9.17) is 1.37 Å². The summed E-state index contributed by atoms with van der Waals surface area (Å²) >= 11 is 1.31. The van der Waals surface area contributed by atoms with Gasteiger partial charge in [0.2, 0.25) is 23.6 Å². The molecule has 0 spiro atoms. The highest BCUT2D eigenvalue weighted by molar-refractivity contribution is 7.99. The third-order valence-corrected chi connectivity index (χ3v) is 14.9. The number of rotatable bonds is 18. The molecule has 2 aromatic rings. The van der Waals surface area contributed by atoms with Gasteiger partial charge >= 0.3 is 0 Å². The van der Waals surface area contributed by atoms with Crippen LogP contribution in [0.2, 0.25) is 0 Å². The molecule has 62 heavy (non-hydrogen) atoms. The quantitative estimate of drug-likeness (QED) is 0.123. The van der Waals surface area contributed by atoms with Crippen molar-refractivity contribution >= 4 is 57.1 Å². The third-order valence-electron chi connectivity index (χ3n) is 12.3. The zero-order chi connectivity index (χ0) is 47.0. The third kappa shape index (κ3) is 12.4. The van der Waals surface area contributed by atoms with Crippen LogP contribution in [0.1, 0.15) is 107 Å². The summed E-state index contributed by atoms with van der Waals surface area (Å²) in [6.45, 7) is 14.9. The second kappa shape index (κ2) is 20.9. The van der Waals surface area contributed by atoms with E-state index in [1.54, 1.807) is 32.3 Å². The number of likely N-dealkylation sites (N-methyl/N-ethyl adjacent to an activating group) is 2. The molecule has 15 heteroatoms. The van der Waals surface area contributed by atoms with Crippen molar-refractivity contribution in [3.63, 3.8) is 0 Å². The fraction of sp³-hybridized carbons (Fsp3) is 0.574. The summed E-state index contributed by atoms with van der Waals surface area (Å²) in [7, 11) is -0.980. The molecular formula is C47H67N5O8S2. The molecule has 1 aliphatic heterocycles. The minimum absolute atomic E-state index is 0.0518. The molecule has 3 N–H and O–H groups in total. The van der Waals surface area contributed by atoms with Gasteiger partial charge in [0.15, 0.2) is 0 Å². The molecule has 1 unspecified atom stereocenters. The minimum Gasteiger partial charge on any atom is -0.342 e. The SMILES string of the molecule is [3H]CC(=O)C1CCC(CN2C(=O)CC(SCc3ccc(S(=O)(=O)NC(=O)/C(C)=C/[C@H](C(C)C)N(C)C(=O)[C@@H](NC(=O)[C@@H](NC)C(C)(C)c4ccccc4)C(C)(C)C)cc3)C2=O)CC1. The monoisotopic (exact) mass is 895 g/mol. The maximum absolute atomic E-state index is 14.3. The van der Waals surface area contributed by atoms with Gasteiger partial charge < -0.3 is 15.5 Å². The lowest BCUT2D eigenvalue weighted by Gasteiger charge is -2.40. The lowest BCUT2D eigenvalue weighted by Crippen LogP contribution is -2.61. The number of thioether (sulfide) groups is 1. The fourth-order valence-electron chi connectivity index (χ4n) is 8.29. The molecular weight excluding hydrogens is 827 g/mol. The predicted molar refractivity (Wildman–Crippen MR) is 243 cm³/mol. The second-order valence-electron chi connectivity index (χ2n) is 18.8. The van der Waals surface area contributed by atoms with Crippen molar-refractivity contribution in [2.45, 2.75) is 134 Å². The Morgan fingerprint density at radius 3 is 2.11 bits per heavy atom. The van der Waals surface area contributed by atoms with Crippen molar-refractivity contribution in [3.8, 4) is 0 Å². The molecule has 2 aromatic carbocycles. The first-order valence-corrected chi connectivity index (χ1v) is 23.9. The van der Waals surface area contributed by atoms with Crippen LogP contribution >= 0.6 is 11.8 Å². The van der Waals surface area contributed by atoms with Crippen LogP contribution < -0.4 is 15.4 Å². The van der Waals surface area contributed by atoms with E-state index in [9.17, 15) is 37.2 Å². The molecule has 0 radical (unpaired) electrons. The molecule has 2 aliphatic rings. The van der Waals surface area contributed by atoms with Gasteiger partial charge in [-0.1, -0.05) is 97.0 Å². The van der Waals surface area contributed by atoms with E-state index in [1.807, 2.05) is 78.8 Å². The number of carbonyl (C=O) groups is 6. The van der Waals surface area contributed by atoms with Gasteiger partial charge in [0, 0.05) is 44.0 Å². The van der Waals surface area contributed by atoms with Gasteiger partial charge in [0.25, 0.3) is 15.9 Å². The van der Waals surface area contributed by atoms with Crippen LogP contribution in [0.5, 0.6) is 0 Å². The normalized spacial score (nSPS) is 20.6. The molecule has 1 saturated heterocycles. The molecule has 5 amide bonds. The van der Waals surface area contributed by atoms with E-state index >= 15 is 0 Å². The van der Waals surface area contributed by atoms with Gasteiger partial charge in [-0.15, -0.1) is 11.8 Å². The summed E-state index contributed by atoms with van der Waals surface area (Å²) in [4.78, 5) is 82.2. The zero-order valence-corrected chi connectivity index (χ0v) is 39.6. The van der Waals surface area contributed by atoms with Crippen LogP contribution in [-0.2, 0) is 50.0 Å². The first-order valence-electron chi connectivity index (χ1n) is 22.1. The van der Waals surface area contributed by atoms with Crippen molar-refractivity contribution in [2.24, 2.45) is 23.2 Å². The second-order valence-corrected chi connectivity index (χ2v) is 21.6. The number of nitrogens with one attached hydrogen (secondary N) is 3. The van der Waals surface area contributed by atoms with Crippen LogP contribution in [0.15, 0.2) is 71.1 Å². The number of sulfonamides is 1. The molecule has 340 valence electrons. The number of hydrogen-bond donors (Lipinski definition) is 3. The Hall–Kier alpha value is -4.34. The molecule has 0 bridgehead atoms. The largest absolute Gasteiger partial charge is 0.342 e. The van der Waals surface area contributed by atoms with Crippen molar-refractivity contribution in [1.82, 2.24) is 25.2 Å². The highest BCUT2D eigenvalue weighted by Crippen LogP contribution is 2.34. The maximum atomic E-state index is 14.3. The number of benzene rings is 2. The topological polar surface area (TPSA) is 179 Å². The van der Waals surface area contributed by atoms with Gasteiger partial charge in [0.1, 0.15) is 11.8 Å². The predicted octanol–water partition coefficient (Wildman–Crippen LogP) is 5.77. The average molecular weight is 896 g/mol. The Balaban J connectivity index is 1.37. The molecule has 1 aliphatic carbocycles. The highest BCUT2D eigenvalue weighted by Gasteiger charge is 2.43. The molecule has 2 fully saturated rings. The van der Waals surface area contributed by atoms with Gasteiger partial charge in [-0.2, -0.15) is 0 Å². The molecule has 4 rings (SSSR count). The summed E-state index contributed by atoms with van der Waals surface area (Å²) in [5.41, 5.74) is 0.452. The minimum atomic E-state index is -4.30. The van der Waals surface area contributed by atoms with E-state index in [0.29, 0.717) is 25.1 Å². The van der Waals surface area contributed by atoms with Crippen molar-refractivity contribution in [1.29, 1.82) is 0 Å². The van der Waals surface area contributed by atoms with Gasteiger partial charge in [-0.05, 0) is 87.1 Å². The summed E-state index contributed by atoms with van der Waals surface area (Å²) in [5.74, 6) is -1.88. The summed E-state index contributed by atoms with van der Waals surface area (Å²) in [6.07, 6.45) is 4.48. The van der Waals surface area contributed by atoms with E-state index in [0.717, 1.165) is 24.0 Å². The van der Waals surface area contributed by atoms with Gasteiger partial charge in [-0.25, -0.2) is 13.1 Å². The van der Waals surface area contributed by atoms with Crippen molar-refractivity contribution < 1.29 is 38.6 Å². The highest BCUT2D eigenvalue weighted by atomic mass is 32.2. The number of likely N-dealkylation sites (tertiary alicyclic amines) is 1. The van der Waals surface area contributed by atoms with Crippen LogP contribution in [0.25, 0.3) is 0 Å². The number of carbonyl (C=O) groups excluding carboxylic acids is 6. The number of nitrogens with zero attached hydrogens (tertiary/aromatic N) is 2. The first kappa shape index (κ1) is 48.7. The lowest BCUT2D eigenvalue weighted by atomic mass is 9.76. The van der Waals surface area contributed by atoms with Crippen LogP contribution in [0, 0.1) is 23.2 Å². The van der Waals surface area contributed by atoms with Gasteiger partial charge in [-0.3, -0.25) is 33.7 Å². The van der Waals surface area contributed by atoms with Crippen LogP contribution in [0.4, 0.5) is 0 Å². The van der Waals surface area contributed by atoms with E-state index in [1.165, 1.54) is 40.6 Å². The Morgan fingerprint density at radius 2 is 1.56 bits per heavy atom. The Labute approximate surface area is 374 Å². The lowest BCUT2D eigenvalue weighted by molar-refractivity contribution is -0.141. The first-order chi connectivity index (χ1) is 29.4. The van der Waals surface area contributed by atoms with Crippen molar-refractivity contribution in [2.75, 3.05) is 20.6 Å². The van der Waals surface area contributed by atoms with Crippen LogP contribution in [-0.4, -0.2) is 97.6 Å². The van der Waals surface area contributed by atoms with Crippen molar-refractivity contribution in [3.05, 3.63) is 77.4 Å². The molecule has 4 atom stereocenters. The molecule has 13 nitrogen and oxygen atoms in total.